The summed E-state index contributed by atoms with van der Waals surface area (Å²) in [6.07, 6.45) is 5.49. The van der Waals surface area contributed by atoms with Crippen LogP contribution in [0.5, 0.6) is 0 Å². The van der Waals surface area contributed by atoms with Gasteiger partial charge in [0, 0.05) is 31.0 Å². The van der Waals surface area contributed by atoms with E-state index >= 15 is 0 Å². The molecule has 0 spiro atoms. The van der Waals surface area contributed by atoms with E-state index in [9.17, 15) is 0 Å². The minimum atomic E-state index is 0.445. The Labute approximate surface area is 101 Å². The van der Waals surface area contributed by atoms with Crippen LogP contribution in [0.3, 0.4) is 0 Å². The normalized spacial score (nSPS) is 26.7. The Balaban J connectivity index is 1.98. The van der Waals surface area contributed by atoms with Gasteiger partial charge in [0.2, 0.25) is 0 Å². The van der Waals surface area contributed by atoms with E-state index in [0.29, 0.717) is 23.1 Å². The fourth-order valence-electron chi connectivity index (χ4n) is 2.03. The minimum Gasteiger partial charge on any atom is -0.365 e. The first kappa shape index (κ1) is 11.6. The van der Waals surface area contributed by atoms with E-state index in [0.717, 1.165) is 19.4 Å². The van der Waals surface area contributed by atoms with Gasteiger partial charge in [-0.05, 0) is 26.8 Å². The summed E-state index contributed by atoms with van der Waals surface area (Å²) >= 11 is 5.96. The zero-order chi connectivity index (χ0) is 11.5. The fourth-order valence-corrected chi connectivity index (χ4v) is 2.19. The van der Waals surface area contributed by atoms with Gasteiger partial charge in [-0.25, -0.2) is 9.97 Å². The molecule has 1 aliphatic rings. The Morgan fingerprint density at radius 2 is 2.19 bits per heavy atom. The van der Waals surface area contributed by atoms with Crippen molar-refractivity contribution in [1.29, 1.82) is 0 Å². The topological polar surface area (TPSA) is 41.1 Å². The van der Waals surface area contributed by atoms with E-state index in [1.54, 1.807) is 12.4 Å². The van der Waals surface area contributed by atoms with Crippen molar-refractivity contribution in [3.05, 3.63) is 17.5 Å². The largest absolute Gasteiger partial charge is 0.365 e. The predicted molar refractivity (Wildman–Crippen MR) is 65.8 cm³/mol. The van der Waals surface area contributed by atoms with Gasteiger partial charge in [-0.2, -0.15) is 0 Å². The zero-order valence-electron chi connectivity index (χ0n) is 9.65. The van der Waals surface area contributed by atoms with Crippen LogP contribution in [0.4, 0.5) is 5.82 Å². The molecular weight excluding hydrogens is 224 g/mol. The van der Waals surface area contributed by atoms with E-state index in [1.165, 1.54) is 0 Å². The highest BCUT2D eigenvalue weighted by atomic mass is 35.5. The summed E-state index contributed by atoms with van der Waals surface area (Å²) in [5.74, 6) is 0.700. The first-order valence-electron chi connectivity index (χ1n) is 5.60. The van der Waals surface area contributed by atoms with Gasteiger partial charge < -0.3 is 10.2 Å². The number of rotatable bonds is 2. The molecule has 0 amide bonds. The monoisotopic (exact) mass is 240 g/mol. The number of piperidine rings is 1. The highest BCUT2D eigenvalue weighted by Crippen LogP contribution is 2.21. The Morgan fingerprint density at radius 3 is 2.88 bits per heavy atom. The van der Waals surface area contributed by atoms with Crippen LogP contribution in [0.15, 0.2) is 12.4 Å². The Morgan fingerprint density at radius 1 is 1.44 bits per heavy atom. The molecule has 0 radical (unpaired) electrons. The lowest BCUT2D eigenvalue weighted by molar-refractivity contribution is 0.190. The molecule has 1 N–H and O–H groups in total. The third-order valence-electron chi connectivity index (χ3n) is 3.20. The van der Waals surface area contributed by atoms with Crippen LogP contribution < -0.4 is 5.32 Å². The molecule has 1 aromatic heterocycles. The molecule has 1 aliphatic heterocycles. The van der Waals surface area contributed by atoms with Crippen molar-refractivity contribution >= 4 is 17.4 Å². The lowest BCUT2D eigenvalue weighted by Gasteiger charge is -2.35. The Kier molecular flexibility index (Phi) is 3.61. The quantitative estimate of drug-likeness (QED) is 0.859. The van der Waals surface area contributed by atoms with Gasteiger partial charge in [-0.3, -0.25) is 0 Å². The lowest BCUT2D eigenvalue weighted by Crippen LogP contribution is -2.42. The van der Waals surface area contributed by atoms with E-state index < -0.39 is 0 Å². The van der Waals surface area contributed by atoms with Gasteiger partial charge in [0.15, 0.2) is 11.0 Å². The number of hydrogen-bond donors (Lipinski definition) is 1. The highest BCUT2D eigenvalue weighted by molar-refractivity contribution is 6.31. The maximum Gasteiger partial charge on any atom is 0.171 e. The maximum atomic E-state index is 5.96. The van der Waals surface area contributed by atoms with Crippen molar-refractivity contribution in [2.45, 2.75) is 31.8 Å². The molecule has 0 aliphatic carbocycles. The summed E-state index contributed by atoms with van der Waals surface area (Å²) in [4.78, 5) is 10.6. The van der Waals surface area contributed by atoms with E-state index in [-0.39, 0.29) is 0 Å². The molecular formula is C11H17ClN4. The number of nitrogens with zero attached hydrogens (tertiary/aromatic N) is 3. The lowest BCUT2D eigenvalue weighted by atomic mass is 9.99. The SMILES string of the molecule is CC1CC(Nc2nccnc2Cl)CCN1C. The smallest absolute Gasteiger partial charge is 0.171 e. The summed E-state index contributed by atoms with van der Waals surface area (Å²) < 4.78 is 0. The molecule has 88 valence electrons. The second kappa shape index (κ2) is 4.97. The molecule has 1 aromatic rings. The number of anilines is 1. The molecule has 5 heteroatoms. The van der Waals surface area contributed by atoms with Crippen LogP contribution in [0.2, 0.25) is 5.15 Å². The van der Waals surface area contributed by atoms with Gasteiger partial charge in [0.05, 0.1) is 0 Å². The number of nitrogens with one attached hydrogen (secondary N) is 1. The van der Waals surface area contributed by atoms with Crippen molar-refractivity contribution in [3.8, 4) is 0 Å². The van der Waals surface area contributed by atoms with Gasteiger partial charge in [-0.1, -0.05) is 11.6 Å². The van der Waals surface area contributed by atoms with Crippen LogP contribution in [0, 0.1) is 0 Å². The number of hydrogen-bond acceptors (Lipinski definition) is 4. The molecule has 16 heavy (non-hydrogen) atoms. The van der Waals surface area contributed by atoms with Crippen molar-refractivity contribution in [2.75, 3.05) is 18.9 Å². The molecule has 2 rings (SSSR count). The molecule has 2 unspecified atom stereocenters. The van der Waals surface area contributed by atoms with Crippen LogP contribution in [0.1, 0.15) is 19.8 Å². The van der Waals surface area contributed by atoms with E-state index in [2.05, 4.69) is 34.2 Å². The van der Waals surface area contributed by atoms with E-state index in [1.807, 2.05) is 0 Å². The predicted octanol–water partition coefficient (Wildman–Crippen LogP) is 2.02. The first-order chi connectivity index (χ1) is 7.66. The van der Waals surface area contributed by atoms with Crippen LogP contribution in [-0.2, 0) is 0 Å². The molecule has 2 heterocycles. The maximum absolute atomic E-state index is 5.96. The number of aromatic nitrogens is 2. The average molecular weight is 241 g/mol. The summed E-state index contributed by atoms with van der Waals surface area (Å²) in [7, 11) is 2.16. The molecule has 2 atom stereocenters. The van der Waals surface area contributed by atoms with Crippen molar-refractivity contribution in [1.82, 2.24) is 14.9 Å². The van der Waals surface area contributed by atoms with Gasteiger partial charge in [0.25, 0.3) is 0 Å². The first-order valence-corrected chi connectivity index (χ1v) is 5.98. The highest BCUT2D eigenvalue weighted by Gasteiger charge is 2.23. The van der Waals surface area contributed by atoms with Gasteiger partial charge in [-0.15, -0.1) is 0 Å². The molecule has 1 saturated heterocycles. The number of halogens is 1. The second-order valence-corrected chi connectivity index (χ2v) is 4.75. The van der Waals surface area contributed by atoms with Crippen LogP contribution >= 0.6 is 11.6 Å². The minimum absolute atomic E-state index is 0.445. The number of likely N-dealkylation sites (tertiary alicyclic amines) is 1. The van der Waals surface area contributed by atoms with Crippen molar-refractivity contribution < 1.29 is 0 Å². The Bertz CT molecular complexity index is 358. The van der Waals surface area contributed by atoms with Crippen LogP contribution in [0.25, 0.3) is 0 Å². The standard InChI is InChI=1S/C11H17ClN4/c1-8-7-9(3-6-16(8)2)15-11-10(12)13-4-5-14-11/h4-5,8-9H,3,6-7H2,1-2H3,(H,14,15). The summed E-state index contributed by atoms with van der Waals surface area (Å²) in [6, 6.07) is 1.04. The average Bonchev–Trinajstić information content (AvgIpc) is 2.27. The molecule has 0 saturated carbocycles. The van der Waals surface area contributed by atoms with Crippen LogP contribution in [-0.4, -0.2) is 40.5 Å². The molecule has 1 fully saturated rings. The van der Waals surface area contributed by atoms with Gasteiger partial charge in [0.1, 0.15) is 0 Å². The summed E-state index contributed by atoms with van der Waals surface area (Å²) in [6.45, 7) is 3.35. The van der Waals surface area contributed by atoms with Crippen molar-refractivity contribution in [2.24, 2.45) is 0 Å². The molecule has 4 nitrogen and oxygen atoms in total. The van der Waals surface area contributed by atoms with E-state index in [4.69, 9.17) is 11.6 Å². The third-order valence-corrected chi connectivity index (χ3v) is 3.48. The summed E-state index contributed by atoms with van der Waals surface area (Å²) in [5, 5.41) is 3.82. The second-order valence-electron chi connectivity index (χ2n) is 4.39. The van der Waals surface area contributed by atoms with Gasteiger partial charge >= 0.3 is 0 Å². The molecule has 0 aromatic carbocycles. The zero-order valence-corrected chi connectivity index (χ0v) is 10.4. The summed E-state index contributed by atoms with van der Waals surface area (Å²) in [5.41, 5.74) is 0. The fraction of sp³-hybridized carbons (Fsp3) is 0.636. The Hall–Kier alpha value is -0.870. The molecule has 0 bridgehead atoms. The third kappa shape index (κ3) is 2.62. The van der Waals surface area contributed by atoms with Crippen molar-refractivity contribution in [3.63, 3.8) is 0 Å².